The summed E-state index contributed by atoms with van der Waals surface area (Å²) in [6, 6.07) is 3.66. The van der Waals surface area contributed by atoms with Gasteiger partial charge >= 0.3 is 0 Å². The predicted molar refractivity (Wildman–Crippen MR) is 50.8 cm³/mol. The first-order chi connectivity index (χ1) is 6.90. The smallest absolute Gasteiger partial charge is 0.180 e. The summed E-state index contributed by atoms with van der Waals surface area (Å²) in [5, 5.41) is 24.4. The highest BCUT2D eigenvalue weighted by Gasteiger charge is 2.07. The Morgan fingerprint density at radius 2 is 2.29 bits per heavy atom. The van der Waals surface area contributed by atoms with Gasteiger partial charge < -0.3 is 0 Å². The molecule has 2 aromatic rings. The second kappa shape index (κ2) is 4.13. The van der Waals surface area contributed by atoms with E-state index in [0.717, 1.165) is 4.34 Å². The van der Waals surface area contributed by atoms with Gasteiger partial charge in [-0.3, -0.25) is 0 Å². The molecule has 0 aliphatic heterocycles. The van der Waals surface area contributed by atoms with Crippen molar-refractivity contribution in [3.63, 3.8) is 0 Å². The van der Waals surface area contributed by atoms with Crippen molar-refractivity contribution >= 4 is 23.1 Å². The summed E-state index contributed by atoms with van der Waals surface area (Å²) < 4.78 is 0.752. The second-order valence-corrected chi connectivity index (χ2v) is 4.24. The normalized spacial score (nSPS) is 9.64. The molecule has 0 aliphatic carbocycles. The molecule has 68 valence electrons. The molecule has 0 N–H and O–H groups in total. The monoisotopic (exact) mass is 221 g/mol. The third-order valence-corrected chi connectivity index (χ3v) is 3.10. The molecule has 0 saturated heterocycles. The average molecular weight is 221 g/mol. The van der Waals surface area contributed by atoms with E-state index in [0.29, 0.717) is 10.6 Å². The molecule has 2 heterocycles. The van der Waals surface area contributed by atoms with Crippen molar-refractivity contribution in [2.45, 2.75) is 9.37 Å². The Balaban J connectivity index is 2.30. The van der Waals surface area contributed by atoms with Gasteiger partial charge in [-0.05, 0) is 17.8 Å². The topological polar surface area (TPSA) is 75.3 Å². The van der Waals surface area contributed by atoms with Gasteiger partial charge in [-0.15, -0.1) is 15.3 Å². The molecule has 2 aromatic heterocycles. The van der Waals surface area contributed by atoms with E-state index < -0.39 is 0 Å². The van der Waals surface area contributed by atoms with E-state index in [-0.39, 0.29) is 0 Å². The van der Waals surface area contributed by atoms with Crippen LogP contribution in [0.15, 0.2) is 27.1 Å². The zero-order valence-corrected chi connectivity index (χ0v) is 8.42. The van der Waals surface area contributed by atoms with Crippen molar-refractivity contribution in [1.82, 2.24) is 20.4 Å². The third-order valence-electron chi connectivity index (χ3n) is 1.33. The number of nitrogens with zero attached hydrogens (tertiary/aromatic N) is 5. The Morgan fingerprint density at radius 1 is 1.36 bits per heavy atom. The van der Waals surface area contributed by atoms with Crippen molar-refractivity contribution in [2.75, 3.05) is 0 Å². The molecule has 5 nitrogen and oxygen atoms in total. The number of hydrogen-bond donors (Lipinski definition) is 0. The molecule has 2 rings (SSSR count). The minimum atomic E-state index is 0.500. The highest BCUT2D eigenvalue weighted by Crippen LogP contribution is 2.28. The van der Waals surface area contributed by atoms with E-state index in [1.807, 2.05) is 6.07 Å². The highest BCUT2D eigenvalue weighted by molar-refractivity contribution is 8.01. The van der Waals surface area contributed by atoms with Crippen LogP contribution in [-0.4, -0.2) is 20.4 Å². The quantitative estimate of drug-likeness (QED) is 0.762. The zero-order valence-electron chi connectivity index (χ0n) is 6.78. The van der Waals surface area contributed by atoms with Crippen LogP contribution < -0.4 is 0 Å². The van der Waals surface area contributed by atoms with E-state index in [1.54, 1.807) is 11.6 Å². The van der Waals surface area contributed by atoms with Gasteiger partial charge in [0.05, 0.1) is 11.8 Å². The van der Waals surface area contributed by atoms with Crippen LogP contribution in [0.4, 0.5) is 0 Å². The maximum atomic E-state index is 8.78. The first-order valence-corrected chi connectivity index (χ1v) is 5.25. The summed E-state index contributed by atoms with van der Waals surface area (Å²) in [5.41, 5.74) is 2.13. The first-order valence-electron chi connectivity index (χ1n) is 3.56. The first kappa shape index (κ1) is 9.05. The Labute approximate surface area is 87.8 Å². The molecule has 0 bridgehead atoms. The Morgan fingerprint density at radius 3 is 3.00 bits per heavy atom. The van der Waals surface area contributed by atoms with Gasteiger partial charge in [0, 0.05) is 0 Å². The fraction of sp³-hybridized carbons (Fsp3) is 0. The third kappa shape index (κ3) is 1.86. The van der Waals surface area contributed by atoms with Crippen molar-refractivity contribution in [2.24, 2.45) is 0 Å². The van der Waals surface area contributed by atoms with E-state index in [2.05, 4.69) is 20.4 Å². The average Bonchev–Trinajstić information content (AvgIpc) is 2.71. The van der Waals surface area contributed by atoms with E-state index in [9.17, 15) is 0 Å². The summed E-state index contributed by atoms with van der Waals surface area (Å²) in [7, 11) is 0. The maximum absolute atomic E-state index is 8.78. The lowest BCUT2D eigenvalue weighted by atomic mass is 10.3. The molecule has 0 unspecified atom stereocenters. The van der Waals surface area contributed by atoms with Gasteiger partial charge in [0.2, 0.25) is 0 Å². The molecule has 0 fully saturated rings. The summed E-state index contributed by atoms with van der Waals surface area (Å²) in [4.78, 5) is 0. The molecule has 0 spiro atoms. The minimum absolute atomic E-state index is 0.500. The summed E-state index contributed by atoms with van der Waals surface area (Å²) in [6.45, 7) is 0. The summed E-state index contributed by atoms with van der Waals surface area (Å²) >= 11 is 2.69. The molecule has 0 radical (unpaired) electrons. The molecule has 0 aliphatic rings. The Hall–Kier alpha value is -1.52. The van der Waals surface area contributed by atoms with Crippen molar-refractivity contribution < 1.29 is 0 Å². The molecular weight excluding hydrogens is 218 g/mol. The zero-order chi connectivity index (χ0) is 9.80. The van der Waals surface area contributed by atoms with Gasteiger partial charge in [-0.2, -0.15) is 10.4 Å². The van der Waals surface area contributed by atoms with Gasteiger partial charge in [0.1, 0.15) is 16.6 Å². The van der Waals surface area contributed by atoms with Crippen molar-refractivity contribution in [3.05, 3.63) is 23.3 Å². The lowest BCUT2D eigenvalue weighted by Gasteiger charge is -1.95. The minimum Gasteiger partial charge on any atom is -0.192 e. The fourth-order valence-electron chi connectivity index (χ4n) is 0.769. The van der Waals surface area contributed by atoms with E-state index in [1.165, 1.54) is 29.3 Å². The highest BCUT2D eigenvalue weighted by atomic mass is 32.2. The van der Waals surface area contributed by atoms with Gasteiger partial charge in [0.15, 0.2) is 4.34 Å². The van der Waals surface area contributed by atoms with Crippen LogP contribution in [0, 0.1) is 11.3 Å². The Kier molecular flexibility index (Phi) is 2.67. The van der Waals surface area contributed by atoms with Crippen LogP contribution in [-0.2, 0) is 0 Å². The second-order valence-electron chi connectivity index (χ2n) is 2.17. The Bertz CT molecular complexity index is 461. The SMILES string of the molecule is N#Cc1ccnnc1Sc1nncs1. The molecule has 7 heteroatoms. The van der Waals surface area contributed by atoms with Crippen LogP contribution in [0.5, 0.6) is 0 Å². The summed E-state index contributed by atoms with van der Waals surface area (Å²) in [5.74, 6) is 0. The van der Waals surface area contributed by atoms with Crippen molar-refractivity contribution in [1.29, 1.82) is 5.26 Å². The van der Waals surface area contributed by atoms with Crippen LogP contribution in [0.2, 0.25) is 0 Å². The molecular formula is C7H3N5S2. The lowest BCUT2D eigenvalue weighted by Crippen LogP contribution is -1.88. The maximum Gasteiger partial charge on any atom is 0.180 e. The summed E-state index contributed by atoms with van der Waals surface area (Å²) in [6.07, 6.45) is 1.49. The molecule has 0 amide bonds. The number of hydrogen-bond acceptors (Lipinski definition) is 7. The predicted octanol–water partition coefficient (Wildman–Crippen LogP) is 1.35. The van der Waals surface area contributed by atoms with Gasteiger partial charge in [-0.1, -0.05) is 11.3 Å². The van der Waals surface area contributed by atoms with Crippen LogP contribution in [0.1, 0.15) is 5.56 Å². The van der Waals surface area contributed by atoms with Gasteiger partial charge in [-0.25, -0.2) is 0 Å². The van der Waals surface area contributed by atoms with E-state index >= 15 is 0 Å². The van der Waals surface area contributed by atoms with Crippen LogP contribution in [0.25, 0.3) is 0 Å². The number of nitriles is 1. The number of rotatable bonds is 2. The van der Waals surface area contributed by atoms with Gasteiger partial charge in [0.25, 0.3) is 0 Å². The van der Waals surface area contributed by atoms with Crippen LogP contribution >= 0.6 is 23.1 Å². The molecule has 0 atom stereocenters. The standard InChI is InChI=1S/C7H3N5S2/c8-3-5-1-2-9-11-6(5)14-7-12-10-4-13-7/h1-2,4H. The molecule has 14 heavy (non-hydrogen) atoms. The lowest BCUT2D eigenvalue weighted by molar-refractivity contribution is 0.915. The number of aromatic nitrogens is 4. The van der Waals surface area contributed by atoms with E-state index in [4.69, 9.17) is 5.26 Å². The van der Waals surface area contributed by atoms with Crippen LogP contribution in [0.3, 0.4) is 0 Å². The van der Waals surface area contributed by atoms with Crippen molar-refractivity contribution in [3.8, 4) is 6.07 Å². The largest absolute Gasteiger partial charge is 0.192 e. The molecule has 0 saturated carbocycles. The fourth-order valence-corrected chi connectivity index (χ4v) is 2.17. The molecule has 0 aromatic carbocycles.